The van der Waals surface area contributed by atoms with Crippen molar-refractivity contribution < 1.29 is 0 Å². The Balaban J connectivity index is 1.61. The molecule has 130 valence electrons. The van der Waals surface area contributed by atoms with E-state index < -0.39 is 0 Å². The molecule has 2 N–H and O–H groups in total. The van der Waals surface area contributed by atoms with Gasteiger partial charge in [-0.05, 0) is 24.2 Å². The number of benzene rings is 1. The Kier molecular flexibility index (Phi) is 4.92. The van der Waals surface area contributed by atoms with Crippen LogP contribution in [0.2, 0.25) is 0 Å². The summed E-state index contributed by atoms with van der Waals surface area (Å²) in [5, 5.41) is 0.883. The zero-order valence-electron chi connectivity index (χ0n) is 14.4. The Morgan fingerprint density at radius 3 is 2.88 bits per heavy atom. The molecule has 6 heteroatoms. The number of aromatic nitrogens is 2. The molecule has 0 radical (unpaired) electrons. The lowest BCUT2D eigenvalue weighted by atomic mass is 10.1. The smallest absolute Gasteiger partial charge is 0.156 e. The van der Waals surface area contributed by atoms with Crippen molar-refractivity contribution in [2.24, 2.45) is 0 Å². The number of thioether (sulfide) groups is 1. The predicted molar refractivity (Wildman–Crippen MR) is 107 cm³/mol. The van der Waals surface area contributed by atoms with E-state index in [4.69, 9.17) is 15.7 Å². The highest BCUT2D eigenvalue weighted by Gasteiger charge is 2.23. The molecule has 3 heterocycles. The predicted octanol–water partition coefficient (Wildman–Crippen LogP) is 4.33. The van der Waals surface area contributed by atoms with Crippen LogP contribution in [0.3, 0.4) is 0 Å². The monoisotopic (exact) mass is 370 g/mol. The number of thiophene rings is 1. The molecule has 0 saturated heterocycles. The van der Waals surface area contributed by atoms with Gasteiger partial charge in [0.2, 0.25) is 0 Å². The maximum absolute atomic E-state index is 6.17. The van der Waals surface area contributed by atoms with Crippen LogP contribution >= 0.6 is 23.1 Å². The van der Waals surface area contributed by atoms with Crippen LogP contribution in [0.15, 0.2) is 35.4 Å². The number of anilines is 1. The van der Waals surface area contributed by atoms with Gasteiger partial charge in [0.1, 0.15) is 15.4 Å². The molecule has 0 aliphatic carbocycles. The molecule has 4 nitrogen and oxygen atoms in total. The van der Waals surface area contributed by atoms with Gasteiger partial charge in [-0.1, -0.05) is 37.3 Å². The molecule has 0 atom stereocenters. The zero-order chi connectivity index (χ0) is 17.2. The van der Waals surface area contributed by atoms with Gasteiger partial charge in [0.25, 0.3) is 0 Å². The summed E-state index contributed by atoms with van der Waals surface area (Å²) in [4.78, 5) is 14.5. The van der Waals surface area contributed by atoms with E-state index in [1.165, 1.54) is 16.0 Å². The first-order valence-electron chi connectivity index (χ1n) is 8.71. The first-order valence-corrected chi connectivity index (χ1v) is 10.5. The quantitative estimate of drug-likeness (QED) is 0.677. The third-order valence-electron chi connectivity index (χ3n) is 4.43. The highest BCUT2D eigenvalue weighted by Crippen LogP contribution is 2.36. The van der Waals surface area contributed by atoms with E-state index in [9.17, 15) is 0 Å². The highest BCUT2D eigenvalue weighted by molar-refractivity contribution is 7.99. The highest BCUT2D eigenvalue weighted by atomic mass is 32.2. The van der Waals surface area contributed by atoms with Crippen molar-refractivity contribution in [1.82, 2.24) is 14.9 Å². The number of nitrogens with zero attached hydrogens (tertiary/aromatic N) is 3. The summed E-state index contributed by atoms with van der Waals surface area (Å²) < 4.78 is 0. The molecule has 0 bridgehead atoms. The van der Waals surface area contributed by atoms with Crippen LogP contribution in [0.5, 0.6) is 0 Å². The van der Waals surface area contributed by atoms with Crippen LogP contribution in [0, 0.1) is 0 Å². The third kappa shape index (κ3) is 3.52. The number of hydrogen-bond acceptors (Lipinski definition) is 6. The lowest BCUT2D eigenvalue weighted by molar-refractivity contribution is 0.248. The maximum Gasteiger partial charge on any atom is 0.156 e. The summed E-state index contributed by atoms with van der Waals surface area (Å²) in [6.07, 6.45) is 2.18. The van der Waals surface area contributed by atoms with Gasteiger partial charge in [-0.3, -0.25) is 4.90 Å². The van der Waals surface area contributed by atoms with Crippen molar-refractivity contribution in [3.05, 3.63) is 46.3 Å². The molecule has 1 aromatic carbocycles. The minimum atomic E-state index is 0.576. The zero-order valence-corrected chi connectivity index (χ0v) is 16.0. The van der Waals surface area contributed by atoms with Crippen molar-refractivity contribution in [3.8, 4) is 0 Å². The van der Waals surface area contributed by atoms with Gasteiger partial charge in [-0.2, -0.15) is 0 Å². The summed E-state index contributed by atoms with van der Waals surface area (Å²) in [6.45, 7) is 5.16. The Hall–Kier alpha value is -1.63. The fraction of sp³-hybridized carbons (Fsp3) is 0.368. The summed E-state index contributed by atoms with van der Waals surface area (Å²) in [7, 11) is 0. The molecule has 0 saturated carbocycles. The lowest BCUT2D eigenvalue weighted by Crippen LogP contribution is -2.29. The van der Waals surface area contributed by atoms with Gasteiger partial charge in [0, 0.05) is 30.1 Å². The Morgan fingerprint density at radius 1 is 1.24 bits per heavy atom. The summed E-state index contributed by atoms with van der Waals surface area (Å²) in [6, 6.07) is 10.7. The van der Waals surface area contributed by atoms with E-state index in [0.717, 1.165) is 53.6 Å². The average Bonchev–Trinajstić information content (AvgIpc) is 2.97. The molecular formula is C19H22N4S2. The van der Waals surface area contributed by atoms with Crippen molar-refractivity contribution in [2.75, 3.05) is 18.0 Å². The second-order valence-electron chi connectivity index (χ2n) is 6.37. The van der Waals surface area contributed by atoms with Crippen LogP contribution in [-0.4, -0.2) is 27.2 Å². The van der Waals surface area contributed by atoms with E-state index in [1.54, 1.807) is 23.1 Å². The molecule has 4 rings (SSSR count). The number of nitrogen functional groups attached to an aromatic ring is 1. The van der Waals surface area contributed by atoms with Gasteiger partial charge >= 0.3 is 0 Å². The van der Waals surface area contributed by atoms with Gasteiger partial charge in [-0.15, -0.1) is 23.1 Å². The molecule has 2 aromatic heterocycles. The number of nitrogens with two attached hydrogens (primary N) is 1. The molecule has 3 aromatic rings. The van der Waals surface area contributed by atoms with Crippen LogP contribution in [-0.2, 0) is 19.5 Å². The molecule has 0 fully saturated rings. The maximum atomic E-state index is 6.17. The van der Waals surface area contributed by atoms with Gasteiger partial charge in [0.05, 0.1) is 0 Å². The summed E-state index contributed by atoms with van der Waals surface area (Å²) in [5.41, 5.74) is 9.87. The molecular weight excluding hydrogens is 348 g/mol. The summed E-state index contributed by atoms with van der Waals surface area (Å²) in [5.74, 6) is 1.60. The van der Waals surface area contributed by atoms with Crippen LogP contribution in [0.25, 0.3) is 10.3 Å². The van der Waals surface area contributed by atoms with Crippen molar-refractivity contribution >= 4 is 39.3 Å². The van der Waals surface area contributed by atoms with E-state index in [1.807, 2.05) is 0 Å². The van der Waals surface area contributed by atoms with E-state index >= 15 is 0 Å². The van der Waals surface area contributed by atoms with Gasteiger partial charge in [0.15, 0.2) is 5.82 Å². The molecule has 0 unspecified atom stereocenters. The first kappa shape index (κ1) is 16.8. The fourth-order valence-corrected chi connectivity index (χ4v) is 5.12. The van der Waals surface area contributed by atoms with Crippen LogP contribution in [0.4, 0.5) is 5.82 Å². The van der Waals surface area contributed by atoms with Crippen molar-refractivity contribution in [1.29, 1.82) is 0 Å². The number of rotatable bonds is 5. The van der Waals surface area contributed by atoms with Crippen molar-refractivity contribution in [3.63, 3.8) is 0 Å². The lowest BCUT2D eigenvalue weighted by Gasteiger charge is -2.26. The summed E-state index contributed by atoms with van der Waals surface area (Å²) >= 11 is 3.50. The minimum absolute atomic E-state index is 0.576. The van der Waals surface area contributed by atoms with E-state index in [2.05, 4.69) is 42.2 Å². The van der Waals surface area contributed by atoms with Gasteiger partial charge < -0.3 is 5.73 Å². The second-order valence-corrected chi connectivity index (χ2v) is 8.53. The average molecular weight is 371 g/mol. The molecule has 1 aliphatic rings. The molecule has 0 spiro atoms. The SMILES string of the molecule is CCCSc1nc2sc3c(c2nc1N)CN(Cc1ccccc1)CC3. The number of fused-ring (bicyclic) bond motifs is 3. The molecule has 25 heavy (non-hydrogen) atoms. The standard InChI is InChI=1S/C19H22N4S2/c1-2-10-24-19-17(20)21-16-14-12-23(11-13-6-4-3-5-7-13)9-8-15(14)25-18(16)22-19/h3-7H,2,8-12H2,1H3,(H2,20,21). The Bertz CT molecular complexity index is 876. The van der Waals surface area contributed by atoms with Crippen LogP contribution < -0.4 is 5.73 Å². The van der Waals surface area contributed by atoms with Crippen molar-refractivity contribution in [2.45, 2.75) is 37.9 Å². The molecule has 1 aliphatic heterocycles. The molecule has 0 amide bonds. The normalized spacial score (nSPS) is 14.8. The Labute approximate surface area is 156 Å². The van der Waals surface area contributed by atoms with Crippen LogP contribution in [0.1, 0.15) is 29.3 Å². The third-order valence-corrected chi connectivity index (χ3v) is 6.79. The minimum Gasteiger partial charge on any atom is -0.381 e. The largest absolute Gasteiger partial charge is 0.381 e. The Morgan fingerprint density at radius 2 is 2.08 bits per heavy atom. The van der Waals surface area contributed by atoms with E-state index in [0.29, 0.717) is 5.82 Å². The number of hydrogen-bond donors (Lipinski definition) is 1. The van der Waals surface area contributed by atoms with Gasteiger partial charge in [-0.25, -0.2) is 9.97 Å². The second kappa shape index (κ2) is 7.32. The van der Waals surface area contributed by atoms with E-state index in [-0.39, 0.29) is 0 Å². The topological polar surface area (TPSA) is 55.0 Å². The first-order chi connectivity index (χ1) is 12.2. The fourth-order valence-electron chi connectivity index (χ4n) is 3.21.